The summed E-state index contributed by atoms with van der Waals surface area (Å²) in [7, 11) is 0. The van der Waals surface area contributed by atoms with Crippen LogP contribution in [0.1, 0.15) is 122 Å². The Balaban J connectivity index is 1.92. The van der Waals surface area contributed by atoms with Crippen molar-refractivity contribution in [2.45, 2.75) is 111 Å². The van der Waals surface area contributed by atoms with E-state index in [0.29, 0.717) is 19.6 Å². The molecule has 1 aliphatic rings. The Morgan fingerprint density at radius 3 is 1.97 bits per heavy atom. The average molecular weight is 535 g/mol. The zero-order valence-corrected chi connectivity index (χ0v) is 25.6. The summed E-state index contributed by atoms with van der Waals surface area (Å²) < 4.78 is 12.2. The van der Waals surface area contributed by atoms with E-state index >= 15 is 0 Å². The molecular weight excluding hydrogens is 484 g/mol. The summed E-state index contributed by atoms with van der Waals surface area (Å²) >= 11 is 0. The number of hydrogen-bond acceptors (Lipinski definition) is 4. The molecule has 0 bridgehead atoms. The number of rotatable bonds is 16. The second-order valence-corrected chi connectivity index (χ2v) is 12.5. The third-order valence-electron chi connectivity index (χ3n) is 8.83. The van der Waals surface area contributed by atoms with E-state index in [4.69, 9.17) is 9.47 Å². The van der Waals surface area contributed by atoms with E-state index in [1.54, 1.807) is 6.92 Å². The standard InChI is InChI=1S/C35H50O4/c1-9-38-31-21-27(22-32(39-10-2)33(31)24(3)4)25(5)29(30(37)23-35(19-20-35)26(6)36)17-14-18-34(7,8)28-15-12-11-13-16-28/h11-13,15-16,21-22,24-25,29H,9-10,14,17-20,23H2,1-8H3/t25-,29?/m1/s1. The molecule has 4 nitrogen and oxygen atoms in total. The van der Waals surface area contributed by atoms with Crippen molar-refractivity contribution in [3.63, 3.8) is 0 Å². The maximum Gasteiger partial charge on any atom is 0.137 e. The molecule has 0 aromatic heterocycles. The summed E-state index contributed by atoms with van der Waals surface area (Å²) in [5, 5.41) is 0. The van der Waals surface area contributed by atoms with E-state index in [1.165, 1.54) is 5.56 Å². The Kier molecular flexibility index (Phi) is 10.4. The predicted octanol–water partition coefficient (Wildman–Crippen LogP) is 8.80. The predicted molar refractivity (Wildman–Crippen MR) is 160 cm³/mol. The van der Waals surface area contributed by atoms with Gasteiger partial charge in [-0.1, -0.05) is 71.4 Å². The molecule has 0 N–H and O–H groups in total. The van der Waals surface area contributed by atoms with Crippen LogP contribution < -0.4 is 9.47 Å². The smallest absolute Gasteiger partial charge is 0.137 e. The molecule has 39 heavy (non-hydrogen) atoms. The topological polar surface area (TPSA) is 52.6 Å². The fourth-order valence-corrected chi connectivity index (χ4v) is 5.99. The summed E-state index contributed by atoms with van der Waals surface area (Å²) in [5.74, 6) is 2.14. The molecule has 0 heterocycles. The lowest BCUT2D eigenvalue weighted by atomic mass is 9.75. The van der Waals surface area contributed by atoms with Crippen LogP contribution in [0.2, 0.25) is 0 Å². The molecule has 0 radical (unpaired) electrons. The first kappa shape index (κ1) is 30.9. The van der Waals surface area contributed by atoms with Crippen LogP contribution in [-0.4, -0.2) is 24.8 Å². The Hall–Kier alpha value is -2.62. The summed E-state index contributed by atoms with van der Waals surface area (Å²) in [6.45, 7) is 17.8. The van der Waals surface area contributed by atoms with Gasteiger partial charge in [-0.15, -0.1) is 0 Å². The average Bonchev–Trinajstić information content (AvgIpc) is 3.67. The van der Waals surface area contributed by atoms with Gasteiger partial charge in [0, 0.05) is 23.3 Å². The number of hydrogen-bond donors (Lipinski definition) is 0. The lowest BCUT2D eigenvalue weighted by molar-refractivity contribution is -0.130. The van der Waals surface area contributed by atoms with Gasteiger partial charge in [0.2, 0.25) is 0 Å². The van der Waals surface area contributed by atoms with Gasteiger partial charge < -0.3 is 9.47 Å². The second-order valence-electron chi connectivity index (χ2n) is 12.5. The third-order valence-corrected chi connectivity index (χ3v) is 8.83. The minimum absolute atomic E-state index is 0.0141. The van der Waals surface area contributed by atoms with E-state index in [2.05, 4.69) is 77.1 Å². The van der Waals surface area contributed by atoms with E-state index in [-0.39, 0.29) is 34.7 Å². The number of benzene rings is 2. The van der Waals surface area contributed by atoms with Crippen LogP contribution in [0.5, 0.6) is 11.5 Å². The SMILES string of the molecule is CCOc1cc([C@@H](C)C(CCCC(C)(C)c2ccccc2)C(=O)CC2(C(C)=O)CC2)cc(OCC)c1C(C)C. The normalized spacial score (nSPS) is 16.0. The summed E-state index contributed by atoms with van der Waals surface area (Å²) in [5.41, 5.74) is 3.07. The van der Waals surface area contributed by atoms with E-state index < -0.39 is 5.41 Å². The molecular formula is C35H50O4. The van der Waals surface area contributed by atoms with Crippen LogP contribution in [0.25, 0.3) is 0 Å². The number of carbonyl (C=O) groups excluding carboxylic acids is 2. The van der Waals surface area contributed by atoms with Crippen LogP contribution in [0.4, 0.5) is 0 Å². The zero-order valence-electron chi connectivity index (χ0n) is 25.6. The molecule has 1 fully saturated rings. The Morgan fingerprint density at radius 2 is 1.51 bits per heavy atom. The van der Waals surface area contributed by atoms with Gasteiger partial charge >= 0.3 is 0 Å². The number of carbonyl (C=O) groups is 2. The van der Waals surface area contributed by atoms with Crippen molar-refractivity contribution in [1.82, 2.24) is 0 Å². The summed E-state index contributed by atoms with van der Waals surface area (Å²) in [6, 6.07) is 14.9. The Bertz CT molecular complexity index is 1080. The van der Waals surface area contributed by atoms with Gasteiger partial charge in [0.25, 0.3) is 0 Å². The fourth-order valence-electron chi connectivity index (χ4n) is 5.99. The lowest BCUT2D eigenvalue weighted by Crippen LogP contribution is -2.27. The third kappa shape index (κ3) is 7.52. The molecule has 0 amide bonds. The first-order chi connectivity index (χ1) is 18.5. The van der Waals surface area contributed by atoms with Crippen LogP contribution in [-0.2, 0) is 15.0 Å². The molecule has 0 aliphatic heterocycles. The fraction of sp³-hybridized carbons (Fsp3) is 0.600. The highest BCUT2D eigenvalue weighted by atomic mass is 16.5. The van der Waals surface area contributed by atoms with E-state index in [9.17, 15) is 9.59 Å². The van der Waals surface area contributed by atoms with E-state index in [0.717, 1.165) is 54.7 Å². The van der Waals surface area contributed by atoms with Gasteiger partial charge in [-0.2, -0.15) is 0 Å². The first-order valence-electron chi connectivity index (χ1n) is 15.0. The molecule has 214 valence electrons. The molecule has 3 rings (SSSR count). The molecule has 1 saturated carbocycles. The molecule has 4 heteroatoms. The lowest BCUT2D eigenvalue weighted by Gasteiger charge is -2.29. The Labute approximate surface area is 236 Å². The number of ether oxygens (including phenoxy) is 2. The monoisotopic (exact) mass is 534 g/mol. The van der Waals surface area contributed by atoms with Crippen molar-refractivity contribution in [3.05, 3.63) is 59.2 Å². The highest BCUT2D eigenvalue weighted by molar-refractivity contribution is 5.93. The number of ketones is 2. The van der Waals surface area contributed by atoms with Crippen molar-refractivity contribution in [2.24, 2.45) is 11.3 Å². The molecule has 0 saturated heterocycles. The molecule has 2 atom stereocenters. The minimum Gasteiger partial charge on any atom is -0.493 e. The second kappa shape index (κ2) is 13.2. The minimum atomic E-state index is -0.424. The summed E-state index contributed by atoms with van der Waals surface area (Å²) in [4.78, 5) is 26.3. The molecule has 1 aliphatic carbocycles. The van der Waals surface area contributed by atoms with Gasteiger partial charge in [-0.25, -0.2) is 0 Å². The molecule has 2 aromatic carbocycles. The highest BCUT2D eigenvalue weighted by Gasteiger charge is 2.49. The van der Waals surface area contributed by atoms with Gasteiger partial charge in [0.05, 0.1) is 13.2 Å². The van der Waals surface area contributed by atoms with Gasteiger partial charge in [0.15, 0.2) is 0 Å². The molecule has 2 aromatic rings. The van der Waals surface area contributed by atoms with Gasteiger partial charge in [-0.05, 0) is 87.0 Å². The largest absolute Gasteiger partial charge is 0.493 e. The van der Waals surface area contributed by atoms with Crippen molar-refractivity contribution >= 4 is 11.6 Å². The van der Waals surface area contributed by atoms with Crippen molar-refractivity contribution < 1.29 is 19.1 Å². The van der Waals surface area contributed by atoms with E-state index in [1.807, 2.05) is 13.8 Å². The Morgan fingerprint density at radius 1 is 0.949 bits per heavy atom. The van der Waals surface area contributed by atoms with Crippen LogP contribution in [0, 0.1) is 11.3 Å². The van der Waals surface area contributed by atoms with Crippen molar-refractivity contribution in [1.29, 1.82) is 0 Å². The maximum absolute atomic E-state index is 13.9. The highest BCUT2D eigenvalue weighted by Crippen LogP contribution is 2.51. The molecule has 0 spiro atoms. The quantitative estimate of drug-likeness (QED) is 0.216. The maximum atomic E-state index is 13.9. The molecule has 1 unspecified atom stereocenters. The van der Waals surface area contributed by atoms with Crippen LogP contribution >= 0.6 is 0 Å². The summed E-state index contributed by atoms with van der Waals surface area (Å²) in [6.07, 6.45) is 4.76. The number of Topliss-reactive ketones (excluding diaryl/α,β-unsaturated/α-hetero) is 2. The zero-order chi connectivity index (χ0) is 28.8. The first-order valence-corrected chi connectivity index (χ1v) is 15.0. The van der Waals surface area contributed by atoms with Crippen molar-refractivity contribution in [2.75, 3.05) is 13.2 Å². The van der Waals surface area contributed by atoms with Gasteiger partial charge in [0.1, 0.15) is 23.1 Å². The van der Waals surface area contributed by atoms with Gasteiger partial charge in [-0.3, -0.25) is 9.59 Å². The van der Waals surface area contributed by atoms with Crippen LogP contribution in [0.3, 0.4) is 0 Å². The van der Waals surface area contributed by atoms with Crippen molar-refractivity contribution in [3.8, 4) is 11.5 Å². The van der Waals surface area contributed by atoms with Crippen LogP contribution in [0.15, 0.2) is 42.5 Å².